The quantitative estimate of drug-likeness (QED) is 0.0403. The number of phosphoric acid groups is 3. The summed E-state index contributed by atoms with van der Waals surface area (Å²) in [6.07, 6.45) is 0. The van der Waals surface area contributed by atoms with Crippen molar-refractivity contribution >= 4 is 91.5 Å². The Labute approximate surface area is 302 Å². The zero-order chi connectivity index (χ0) is 40.1. The minimum atomic E-state index is -5.00. The Morgan fingerprint density at radius 3 is 1.09 bits per heavy atom. The number of sulfonamides is 3. The Morgan fingerprint density at radius 2 is 0.792 bits per heavy atom. The molecule has 0 aromatic heterocycles. The van der Waals surface area contributed by atoms with E-state index in [1.54, 1.807) is 0 Å². The van der Waals surface area contributed by atoms with E-state index in [1.807, 2.05) is 0 Å². The summed E-state index contributed by atoms with van der Waals surface area (Å²) in [7, 11) is -25.8. The number of nitrogens with two attached hydrogens (primary N) is 1. The smallest absolute Gasteiger partial charge is 0.398 e. The maximum absolute atomic E-state index is 14.1. The van der Waals surface area contributed by atoms with Crippen molar-refractivity contribution in [3.05, 3.63) is 36.4 Å². The van der Waals surface area contributed by atoms with Crippen molar-refractivity contribution in [2.45, 2.75) is 14.7 Å². The number of nitrogens with zero attached hydrogens (tertiary/aromatic N) is 3. The Morgan fingerprint density at radius 1 is 0.528 bits per heavy atom. The number of anilines is 1. The molecule has 0 unspecified atom stereocenters. The molecule has 4 aromatic carbocycles. The van der Waals surface area contributed by atoms with E-state index in [4.69, 9.17) is 35.1 Å². The van der Waals surface area contributed by atoms with Gasteiger partial charge in [0.25, 0.3) is 0 Å². The molecule has 0 aliphatic rings. The van der Waals surface area contributed by atoms with Gasteiger partial charge in [-0.25, -0.2) is 38.9 Å². The third-order valence-corrected chi connectivity index (χ3v) is 15.1. The molecule has 0 saturated carbocycles. The number of benzene rings is 4. The molecule has 4 aromatic rings. The second-order valence-corrected chi connectivity index (χ2v) is 21.1. The van der Waals surface area contributed by atoms with Crippen LogP contribution in [0, 0.1) is 0 Å². The van der Waals surface area contributed by atoms with Crippen molar-refractivity contribution in [3.63, 3.8) is 0 Å². The van der Waals surface area contributed by atoms with Crippen molar-refractivity contribution in [2.24, 2.45) is 0 Å². The van der Waals surface area contributed by atoms with Crippen molar-refractivity contribution in [1.82, 2.24) is 12.9 Å². The molecule has 0 aliphatic carbocycles. The van der Waals surface area contributed by atoms with Gasteiger partial charge in [-0.1, -0.05) is 24.3 Å². The van der Waals surface area contributed by atoms with E-state index in [1.165, 1.54) is 24.3 Å². The number of hydrogen-bond donors (Lipinski definition) is 7. The number of hydrogen-bond acceptors (Lipinski definition) is 13. The molecule has 0 aliphatic heterocycles. The molecule has 0 amide bonds. The van der Waals surface area contributed by atoms with Gasteiger partial charge in [0, 0.05) is 78.8 Å². The molecule has 296 valence electrons. The summed E-state index contributed by atoms with van der Waals surface area (Å²) in [5.74, 6) is 0. The molecule has 0 radical (unpaired) electrons. The average Bonchev–Trinajstić information content (AvgIpc) is 3.01. The van der Waals surface area contributed by atoms with Crippen molar-refractivity contribution < 1.29 is 81.9 Å². The first kappa shape index (κ1) is 43.5. The lowest BCUT2D eigenvalue weighted by atomic mass is 9.93. The van der Waals surface area contributed by atoms with Gasteiger partial charge < -0.3 is 35.1 Å². The molecular formula is C25H35N4O18P3S3. The lowest BCUT2D eigenvalue weighted by molar-refractivity contribution is 0.187. The first-order valence-corrected chi connectivity index (χ1v) is 23.5. The maximum atomic E-state index is 14.1. The van der Waals surface area contributed by atoms with E-state index >= 15 is 0 Å². The number of likely N-dealkylation sites (N-methyl/N-ethyl adjacent to an activating group) is 3. The predicted molar refractivity (Wildman–Crippen MR) is 188 cm³/mol. The van der Waals surface area contributed by atoms with Gasteiger partial charge in [-0.15, -0.1) is 0 Å². The molecular weight excluding hydrogens is 833 g/mol. The molecule has 4 rings (SSSR count). The lowest BCUT2D eigenvalue weighted by Crippen LogP contribution is -2.32. The standard InChI is InChI=1S/C25H35N4O18P3S3/c1-27(8-11-45-48(30,31)32)51(39,40)21-14-20(26)16-4-5-18-22(52(41,42)28(2)9-12-46-49(33,34)35)15-23(19-7-6-17(21)24(16)25(18)19)53(43,44)29(3)10-13-47-50(36,37)38/h4-7,14-15H,8-13,26H2,1-3H3,(H2,30,31,32)(H2,33,34,35)(H2,36,37,38). The molecule has 53 heavy (non-hydrogen) atoms. The van der Waals surface area contributed by atoms with Crippen LogP contribution >= 0.6 is 23.5 Å². The third kappa shape index (κ3) is 9.60. The fourth-order valence-corrected chi connectivity index (χ4v) is 10.4. The van der Waals surface area contributed by atoms with E-state index in [-0.39, 0.29) is 38.0 Å². The highest BCUT2D eigenvalue weighted by atomic mass is 32.2. The summed E-state index contributed by atoms with van der Waals surface area (Å²) in [5.41, 5.74) is 6.19. The molecule has 8 N–H and O–H groups in total. The van der Waals surface area contributed by atoms with Crippen LogP contribution in [0.5, 0.6) is 0 Å². The second kappa shape index (κ2) is 15.4. The Kier molecular flexibility index (Phi) is 12.6. The Balaban J connectivity index is 2.04. The van der Waals surface area contributed by atoms with Crippen LogP contribution in [0.25, 0.3) is 32.3 Å². The number of phosphoric ester groups is 3. The molecule has 22 nitrogen and oxygen atoms in total. The van der Waals surface area contributed by atoms with Gasteiger partial charge in [0.2, 0.25) is 30.1 Å². The molecule has 0 fully saturated rings. The summed E-state index contributed by atoms with van der Waals surface area (Å²) in [4.78, 5) is 52.5. The first-order valence-electron chi connectivity index (χ1n) is 14.6. The summed E-state index contributed by atoms with van der Waals surface area (Å²) >= 11 is 0. The maximum Gasteiger partial charge on any atom is 0.469 e. The largest absolute Gasteiger partial charge is 0.469 e. The highest BCUT2D eigenvalue weighted by molar-refractivity contribution is 7.90. The Hall–Kier alpha value is -2.22. The van der Waals surface area contributed by atoms with E-state index in [0.29, 0.717) is 8.61 Å². The molecule has 0 spiro atoms. The van der Waals surface area contributed by atoms with Crippen LogP contribution in [0.2, 0.25) is 0 Å². The van der Waals surface area contributed by atoms with Gasteiger partial charge in [0.15, 0.2) is 0 Å². The summed E-state index contributed by atoms with van der Waals surface area (Å²) in [6, 6.07) is 7.09. The minimum absolute atomic E-state index is 0.00640. The molecule has 0 atom stereocenters. The molecule has 0 bridgehead atoms. The van der Waals surface area contributed by atoms with Crippen molar-refractivity contribution in [2.75, 3.05) is 66.3 Å². The molecule has 0 heterocycles. The first-order chi connectivity index (χ1) is 24.1. The summed E-state index contributed by atoms with van der Waals surface area (Å²) < 4.78 is 133. The van der Waals surface area contributed by atoms with Crippen LogP contribution in [0.3, 0.4) is 0 Å². The monoisotopic (exact) mass is 868 g/mol. The van der Waals surface area contributed by atoms with Crippen molar-refractivity contribution in [1.29, 1.82) is 0 Å². The fourth-order valence-electron chi connectivity index (χ4n) is 5.29. The number of rotatable bonds is 18. The zero-order valence-corrected chi connectivity index (χ0v) is 32.9. The van der Waals surface area contributed by atoms with Crippen LogP contribution in [-0.2, 0) is 57.3 Å². The zero-order valence-electron chi connectivity index (χ0n) is 27.8. The summed E-state index contributed by atoms with van der Waals surface area (Å²) in [5, 5.41) is -0.203. The normalized spacial score (nSPS) is 14.2. The van der Waals surface area contributed by atoms with Gasteiger partial charge in [0.1, 0.15) is 0 Å². The van der Waals surface area contributed by atoms with Gasteiger partial charge in [-0.3, -0.25) is 13.6 Å². The molecule has 28 heteroatoms. The van der Waals surface area contributed by atoms with Gasteiger partial charge in [-0.2, -0.15) is 12.9 Å². The molecule has 0 saturated heterocycles. The van der Waals surface area contributed by atoms with Crippen LogP contribution in [0.4, 0.5) is 5.69 Å². The van der Waals surface area contributed by atoms with E-state index in [2.05, 4.69) is 13.6 Å². The predicted octanol–water partition coefficient (Wildman–Crippen LogP) is 0.356. The lowest BCUT2D eigenvalue weighted by Gasteiger charge is -2.25. The van der Waals surface area contributed by atoms with Gasteiger partial charge >= 0.3 is 23.5 Å². The van der Waals surface area contributed by atoms with Crippen LogP contribution in [-0.4, -0.2) is 128 Å². The number of nitrogen functional groups attached to an aromatic ring is 1. The van der Waals surface area contributed by atoms with E-state index in [9.17, 15) is 38.9 Å². The average molecular weight is 869 g/mol. The van der Waals surface area contributed by atoms with E-state index in [0.717, 1.165) is 37.6 Å². The van der Waals surface area contributed by atoms with Crippen LogP contribution < -0.4 is 5.73 Å². The highest BCUT2D eigenvalue weighted by Gasteiger charge is 2.34. The van der Waals surface area contributed by atoms with Gasteiger partial charge in [0.05, 0.1) is 34.5 Å². The van der Waals surface area contributed by atoms with Crippen LogP contribution in [0.1, 0.15) is 0 Å². The second-order valence-electron chi connectivity index (χ2n) is 11.4. The van der Waals surface area contributed by atoms with Gasteiger partial charge in [-0.05, 0) is 12.1 Å². The summed E-state index contributed by atoms with van der Waals surface area (Å²) in [6.45, 7) is -4.03. The highest BCUT2D eigenvalue weighted by Crippen LogP contribution is 2.45. The SMILES string of the molecule is CN(CCOP(=O)(O)O)S(=O)(=O)c1cc(N)c2ccc3c(S(=O)(=O)N(C)CCOP(=O)(O)O)cc(S(=O)(=O)N(C)CCOP(=O)(O)O)c4ccc1c2c34. The Bertz CT molecular complexity index is 2440. The van der Waals surface area contributed by atoms with Crippen molar-refractivity contribution in [3.8, 4) is 0 Å². The minimum Gasteiger partial charge on any atom is -0.398 e. The third-order valence-electron chi connectivity index (χ3n) is 7.88. The topological polar surface area (TPSA) is 338 Å². The van der Waals surface area contributed by atoms with E-state index < -0.39 is 108 Å². The fraction of sp³-hybridized carbons (Fsp3) is 0.360. The van der Waals surface area contributed by atoms with Crippen LogP contribution in [0.15, 0.2) is 51.1 Å².